The number of benzene rings is 2. The lowest BCUT2D eigenvalue weighted by Gasteiger charge is -2.30. The van der Waals surface area contributed by atoms with Crippen LogP contribution < -0.4 is 14.9 Å². The Hall–Kier alpha value is -2.98. The largest absolute Gasteiger partial charge is 0.490 e. The molecule has 0 unspecified atom stereocenters. The number of ether oxygens (including phenoxy) is 2. The van der Waals surface area contributed by atoms with Crippen molar-refractivity contribution < 1.29 is 27.1 Å². The van der Waals surface area contributed by atoms with E-state index in [1.165, 1.54) is 22.7 Å². The van der Waals surface area contributed by atoms with Crippen LogP contribution in [-0.2, 0) is 14.8 Å². The second-order valence-corrected chi connectivity index (χ2v) is 9.79. The molecule has 8 nitrogen and oxygen atoms in total. The van der Waals surface area contributed by atoms with Gasteiger partial charge in [0.25, 0.3) is 0 Å². The van der Waals surface area contributed by atoms with Crippen molar-refractivity contribution in [1.82, 2.24) is 9.73 Å². The minimum atomic E-state index is -3.72. The molecule has 0 saturated carbocycles. The molecule has 184 valence electrons. The van der Waals surface area contributed by atoms with Gasteiger partial charge in [-0.05, 0) is 74.2 Å². The fourth-order valence-corrected chi connectivity index (χ4v) is 5.05. The van der Waals surface area contributed by atoms with Crippen LogP contribution in [0.4, 0.5) is 4.39 Å². The first-order valence-corrected chi connectivity index (χ1v) is 12.8. The van der Waals surface area contributed by atoms with Gasteiger partial charge in [0, 0.05) is 19.0 Å². The van der Waals surface area contributed by atoms with E-state index in [2.05, 4.69) is 10.5 Å². The maximum atomic E-state index is 13.1. The van der Waals surface area contributed by atoms with Gasteiger partial charge >= 0.3 is 0 Å². The molecule has 0 radical (unpaired) electrons. The van der Waals surface area contributed by atoms with Crippen LogP contribution in [0, 0.1) is 11.7 Å². The van der Waals surface area contributed by atoms with Gasteiger partial charge in [0.05, 0.1) is 24.3 Å². The number of hydrogen-bond acceptors (Lipinski definition) is 6. The number of halogens is 1. The molecule has 3 rings (SSSR count). The van der Waals surface area contributed by atoms with Crippen molar-refractivity contribution in [1.29, 1.82) is 0 Å². The first kappa shape index (κ1) is 25.6. The second kappa shape index (κ2) is 11.9. The zero-order valence-electron chi connectivity index (χ0n) is 19.4. The smallest absolute Gasteiger partial charge is 0.243 e. The number of rotatable bonds is 10. The summed E-state index contributed by atoms with van der Waals surface area (Å²) in [7, 11) is -3.72. The number of sulfonamides is 1. The Morgan fingerprint density at radius 3 is 2.47 bits per heavy atom. The van der Waals surface area contributed by atoms with Crippen LogP contribution >= 0.6 is 0 Å². The molecule has 10 heteroatoms. The van der Waals surface area contributed by atoms with Crippen molar-refractivity contribution in [2.75, 3.05) is 26.3 Å². The predicted molar refractivity (Wildman–Crippen MR) is 127 cm³/mol. The monoisotopic (exact) mass is 491 g/mol. The molecule has 2 aromatic rings. The minimum absolute atomic E-state index is 0.0407. The average Bonchev–Trinajstić information content (AvgIpc) is 2.84. The summed E-state index contributed by atoms with van der Waals surface area (Å²) in [5.74, 6) is 0.168. The Morgan fingerprint density at radius 1 is 1.12 bits per heavy atom. The first-order valence-electron chi connectivity index (χ1n) is 11.3. The van der Waals surface area contributed by atoms with E-state index in [1.54, 1.807) is 12.1 Å². The van der Waals surface area contributed by atoms with Crippen molar-refractivity contribution in [3.05, 3.63) is 53.8 Å². The van der Waals surface area contributed by atoms with Crippen molar-refractivity contribution in [2.24, 2.45) is 11.0 Å². The highest BCUT2D eigenvalue weighted by molar-refractivity contribution is 7.89. The number of carbonyl (C=O) groups is 1. The Labute approximate surface area is 199 Å². The molecule has 1 N–H and O–H groups in total. The third-order valence-corrected chi connectivity index (χ3v) is 7.31. The molecule has 2 aromatic carbocycles. The van der Waals surface area contributed by atoms with Crippen molar-refractivity contribution in [3.8, 4) is 11.5 Å². The van der Waals surface area contributed by atoms with Crippen LogP contribution in [0.25, 0.3) is 0 Å². The lowest BCUT2D eigenvalue weighted by atomic mass is 9.98. The van der Waals surface area contributed by atoms with Crippen LogP contribution in [0.1, 0.15) is 38.7 Å². The fraction of sp³-hybridized carbons (Fsp3) is 0.417. The summed E-state index contributed by atoms with van der Waals surface area (Å²) in [5, 5.41) is 4.05. The highest BCUT2D eigenvalue weighted by Gasteiger charge is 2.32. The average molecular weight is 492 g/mol. The Balaban J connectivity index is 1.54. The number of hydrogen-bond donors (Lipinski definition) is 1. The number of piperidine rings is 1. The lowest BCUT2D eigenvalue weighted by molar-refractivity contribution is -0.126. The van der Waals surface area contributed by atoms with Crippen LogP contribution in [0.5, 0.6) is 11.5 Å². The van der Waals surface area contributed by atoms with Crippen LogP contribution in [0.3, 0.4) is 0 Å². The molecule has 1 heterocycles. The van der Waals surface area contributed by atoms with Crippen LogP contribution in [0.2, 0.25) is 0 Å². The SMILES string of the molecule is CCCOc1ccc(/C=N\NC(=O)C2CCN(S(=O)(=O)c3ccc(F)cc3)CC2)cc1OCC. The third kappa shape index (κ3) is 6.54. The van der Waals surface area contributed by atoms with E-state index in [4.69, 9.17) is 9.47 Å². The maximum absolute atomic E-state index is 13.1. The summed E-state index contributed by atoms with van der Waals surface area (Å²) in [4.78, 5) is 12.6. The lowest BCUT2D eigenvalue weighted by Crippen LogP contribution is -2.42. The molecule has 0 aliphatic carbocycles. The molecule has 0 atom stereocenters. The summed E-state index contributed by atoms with van der Waals surface area (Å²) in [6.45, 7) is 5.42. The van der Waals surface area contributed by atoms with E-state index in [-0.39, 0.29) is 29.8 Å². The van der Waals surface area contributed by atoms with Gasteiger partial charge in [-0.2, -0.15) is 9.41 Å². The standard InChI is InChI=1S/C24H30FN3O5S/c1-3-15-33-22-10-5-18(16-23(22)32-4-2)17-26-27-24(29)19-11-13-28(14-12-19)34(30,31)21-8-6-20(25)7-9-21/h5-10,16-17,19H,3-4,11-15H2,1-2H3,(H,27,29)/b26-17-. The fourth-order valence-electron chi connectivity index (χ4n) is 3.58. The summed E-state index contributed by atoms with van der Waals surface area (Å²) in [6.07, 6.45) is 3.16. The molecular weight excluding hydrogens is 461 g/mol. The topological polar surface area (TPSA) is 97.3 Å². The number of carbonyl (C=O) groups excluding carboxylic acids is 1. The van der Waals surface area contributed by atoms with Crippen molar-refractivity contribution >= 4 is 22.1 Å². The van der Waals surface area contributed by atoms with Gasteiger partial charge < -0.3 is 9.47 Å². The van der Waals surface area contributed by atoms with Gasteiger partial charge in [-0.3, -0.25) is 4.79 Å². The molecule has 34 heavy (non-hydrogen) atoms. The predicted octanol–water partition coefficient (Wildman–Crippen LogP) is 3.56. The molecule has 1 aliphatic rings. The summed E-state index contributed by atoms with van der Waals surface area (Å²) in [6, 6.07) is 10.2. The Morgan fingerprint density at radius 2 is 1.82 bits per heavy atom. The molecule has 1 aliphatic heterocycles. The molecule has 1 amide bonds. The van der Waals surface area contributed by atoms with E-state index in [0.717, 1.165) is 24.1 Å². The number of amides is 1. The van der Waals surface area contributed by atoms with Gasteiger partial charge in [0.2, 0.25) is 15.9 Å². The van der Waals surface area contributed by atoms with E-state index < -0.39 is 15.8 Å². The molecule has 0 bridgehead atoms. The molecule has 0 aromatic heterocycles. The van der Waals surface area contributed by atoms with E-state index in [0.29, 0.717) is 37.6 Å². The van der Waals surface area contributed by atoms with Gasteiger partial charge in [-0.15, -0.1) is 0 Å². The normalized spacial score (nSPS) is 15.4. The summed E-state index contributed by atoms with van der Waals surface area (Å²) >= 11 is 0. The number of nitrogens with zero attached hydrogens (tertiary/aromatic N) is 2. The van der Waals surface area contributed by atoms with Crippen molar-refractivity contribution in [2.45, 2.75) is 38.0 Å². The minimum Gasteiger partial charge on any atom is -0.490 e. The molecular formula is C24H30FN3O5S. The summed E-state index contributed by atoms with van der Waals surface area (Å²) in [5.41, 5.74) is 3.28. The Bertz CT molecular complexity index is 1100. The molecule has 0 spiro atoms. The van der Waals surface area contributed by atoms with E-state index in [1.807, 2.05) is 19.9 Å². The maximum Gasteiger partial charge on any atom is 0.243 e. The van der Waals surface area contributed by atoms with Crippen LogP contribution in [0.15, 0.2) is 52.5 Å². The van der Waals surface area contributed by atoms with Crippen molar-refractivity contribution in [3.63, 3.8) is 0 Å². The number of nitrogens with one attached hydrogen (secondary N) is 1. The summed E-state index contributed by atoms with van der Waals surface area (Å²) < 4.78 is 51.2. The third-order valence-electron chi connectivity index (χ3n) is 5.39. The second-order valence-electron chi connectivity index (χ2n) is 7.85. The van der Waals surface area contributed by atoms with Gasteiger partial charge in [-0.25, -0.2) is 18.2 Å². The zero-order chi connectivity index (χ0) is 24.6. The highest BCUT2D eigenvalue weighted by atomic mass is 32.2. The highest BCUT2D eigenvalue weighted by Crippen LogP contribution is 2.28. The number of hydrazone groups is 1. The first-order chi connectivity index (χ1) is 16.3. The molecule has 1 fully saturated rings. The van der Waals surface area contributed by atoms with Crippen LogP contribution in [-0.4, -0.2) is 51.1 Å². The zero-order valence-corrected chi connectivity index (χ0v) is 20.2. The van der Waals surface area contributed by atoms with E-state index >= 15 is 0 Å². The Kier molecular flexibility index (Phi) is 9.00. The quantitative estimate of drug-likeness (QED) is 0.405. The van der Waals surface area contributed by atoms with Gasteiger partial charge in [0.15, 0.2) is 11.5 Å². The molecule has 1 saturated heterocycles. The van der Waals surface area contributed by atoms with E-state index in [9.17, 15) is 17.6 Å². The van der Waals surface area contributed by atoms with Gasteiger partial charge in [0.1, 0.15) is 5.82 Å². The van der Waals surface area contributed by atoms with Gasteiger partial charge in [-0.1, -0.05) is 6.92 Å².